The molecule has 2 aromatic rings. The maximum atomic E-state index is 5.68. The summed E-state index contributed by atoms with van der Waals surface area (Å²) in [6.07, 6.45) is 0. The van der Waals surface area contributed by atoms with E-state index in [9.17, 15) is 0 Å². The molecule has 0 saturated carbocycles. The Morgan fingerprint density at radius 1 is 1.05 bits per heavy atom. The van der Waals surface area contributed by atoms with Crippen LogP contribution in [0.2, 0.25) is 0 Å². The van der Waals surface area contributed by atoms with Gasteiger partial charge in [0.15, 0.2) is 11.5 Å². The first-order valence-corrected chi connectivity index (χ1v) is 8.65. The van der Waals surface area contributed by atoms with Crippen molar-refractivity contribution in [3.63, 3.8) is 0 Å². The van der Waals surface area contributed by atoms with E-state index in [-0.39, 0.29) is 4.83 Å². The molecule has 0 aliphatic rings. The first-order valence-electron chi connectivity index (χ1n) is 6.86. The minimum atomic E-state index is 0.0716. The molecule has 0 N–H and O–H groups in total. The minimum absolute atomic E-state index is 0.0716. The van der Waals surface area contributed by atoms with Crippen LogP contribution in [0.1, 0.15) is 29.1 Å². The van der Waals surface area contributed by atoms with Gasteiger partial charge in [-0.3, -0.25) is 0 Å². The number of hydrogen-bond donors (Lipinski definition) is 0. The predicted octanol–water partition coefficient (Wildman–Crippen LogP) is 5.04. The van der Waals surface area contributed by atoms with Crippen LogP contribution in [0.3, 0.4) is 0 Å². The Labute approximate surface area is 138 Å². The van der Waals surface area contributed by atoms with Gasteiger partial charge in [-0.1, -0.05) is 22.0 Å². The second kappa shape index (κ2) is 7.71. The highest BCUT2D eigenvalue weighted by Crippen LogP contribution is 2.42. The van der Waals surface area contributed by atoms with E-state index >= 15 is 0 Å². The Morgan fingerprint density at radius 2 is 1.76 bits per heavy atom. The van der Waals surface area contributed by atoms with Crippen LogP contribution < -0.4 is 14.2 Å². The van der Waals surface area contributed by atoms with Gasteiger partial charge in [-0.05, 0) is 43.0 Å². The molecule has 0 fully saturated rings. The molecule has 3 nitrogen and oxygen atoms in total. The van der Waals surface area contributed by atoms with Gasteiger partial charge in [0.2, 0.25) is 0 Å². The molecular formula is C16H19BrO3S. The number of thiophene rings is 1. The summed E-state index contributed by atoms with van der Waals surface area (Å²) in [6, 6.07) is 8.00. The molecule has 0 spiro atoms. The number of halogens is 1. The molecule has 5 heteroatoms. The third-order valence-electron chi connectivity index (χ3n) is 2.97. The van der Waals surface area contributed by atoms with E-state index in [0.29, 0.717) is 13.2 Å². The Kier molecular flexibility index (Phi) is 5.94. The highest BCUT2D eigenvalue weighted by Gasteiger charge is 2.18. The van der Waals surface area contributed by atoms with Crippen LogP contribution in [0.5, 0.6) is 17.2 Å². The van der Waals surface area contributed by atoms with E-state index in [4.69, 9.17) is 14.2 Å². The fourth-order valence-corrected chi connectivity index (χ4v) is 3.73. The molecule has 1 atom stereocenters. The molecule has 21 heavy (non-hydrogen) atoms. The van der Waals surface area contributed by atoms with Gasteiger partial charge in [0, 0.05) is 0 Å². The van der Waals surface area contributed by atoms with Crippen LogP contribution >= 0.6 is 27.3 Å². The number of hydrogen-bond acceptors (Lipinski definition) is 4. The molecule has 0 aliphatic carbocycles. The van der Waals surface area contributed by atoms with Crippen molar-refractivity contribution in [1.82, 2.24) is 0 Å². The first kappa shape index (κ1) is 16.2. The monoisotopic (exact) mass is 370 g/mol. The zero-order valence-electron chi connectivity index (χ0n) is 12.4. The summed E-state index contributed by atoms with van der Waals surface area (Å²) in [5.74, 6) is 2.45. The van der Waals surface area contributed by atoms with Gasteiger partial charge in [0.25, 0.3) is 0 Å². The van der Waals surface area contributed by atoms with Crippen molar-refractivity contribution in [1.29, 1.82) is 0 Å². The number of rotatable bonds is 7. The largest absolute Gasteiger partial charge is 0.496 e. The zero-order valence-corrected chi connectivity index (χ0v) is 14.8. The molecule has 1 aromatic carbocycles. The smallest absolute Gasteiger partial charge is 0.161 e. The van der Waals surface area contributed by atoms with E-state index in [2.05, 4.69) is 15.9 Å². The molecule has 1 aromatic heterocycles. The lowest BCUT2D eigenvalue weighted by atomic mass is 10.1. The fraction of sp³-hybridized carbons (Fsp3) is 0.375. The molecule has 0 radical (unpaired) electrons. The minimum Gasteiger partial charge on any atom is -0.496 e. The van der Waals surface area contributed by atoms with Gasteiger partial charge in [-0.15, -0.1) is 11.3 Å². The Morgan fingerprint density at radius 3 is 2.43 bits per heavy atom. The lowest BCUT2D eigenvalue weighted by molar-refractivity contribution is 0.287. The lowest BCUT2D eigenvalue weighted by Gasteiger charge is -2.15. The van der Waals surface area contributed by atoms with Crippen LogP contribution in [0.15, 0.2) is 29.6 Å². The van der Waals surface area contributed by atoms with Crippen LogP contribution in [0, 0.1) is 0 Å². The van der Waals surface area contributed by atoms with Gasteiger partial charge in [0.05, 0.1) is 30.0 Å². The van der Waals surface area contributed by atoms with E-state index in [0.717, 1.165) is 27.7 Å². The molecule has 1 unspecified atom stereocenters. The number of methoxy groups -OCH3 is 1. The highest BCUT2D eigenvalue weighted by molar-refractivity contribution is 9.09. The molecule has 0 saturated heterocycles. The Hall–Kier alpha value is -1.20. The van der Waals surface area contributed by atoms with Gasteiger partial charge in [-0.2, -0.15) is 0 Å². The third-order valence-corrected chi connectivity index (χ3v) is 5.22. The normalized spacial score (nSPS) is 12.0. The van der Waals surface area contributed by atoms with Crippen molar-refractivity contribution in [2.75, 3.05) is 20.3 Å². The summed E-state index contributed by atoms with van der Waals surface area (Å²) in [7, 11) is 1.69. The van der Waals surface area contributed by atoms with Crippen LogP contribution in [0.4, 0.5) is 0 Å². The maximum Gasteiger partial charge on any atom is 0.161 e. The second-order valence-electron chi connectivity index (χ2n) is 4.29. The molecule has 0 bridgehead atoms. The zero-order chi connectivity index (χ0) is 15.2. The Bertz CT molecular complexity index is 583. The highest BCUT2D eigenvalue weighted by atomic mass is 79.9. The second-order valence-corrected chi connectivity index (χ2v) is 6.15. The average Bonchev–Trinajstić information content (AvgIpc) is 2.97. The Balaban J connectivity index is 2.33. The summed E-state index contributed by atoms with van der Waals surface area (Å²) in [5, 5.41) is 2.03. The maximum absolute atomic E-state index is 5.68. The third kappa shape index (κ3) is 3.71. The van der Waals surface area contributed by atoms with Crippen molar-refractivity contribution in [2.24, 2.45) is 0 Å². The van der Waals surface area contributed by atoms with E-state index in [1.165, 1.54) is 0 Å². The van der Waals surface area contributed by atoms with Gasteiger partial charge >= 0.3 is 0 Å². The number of benzene rings is 1. The van der Waals surface area contributed by atoms with Gasteiger partial charge < -0.3 is 14.2 Å². The summed E-state index contributed by atoms with van der Waals surface area (Å²) in [6.45, 7) is 5.17. The van der Waals surface area contributed by atoms with Crippen molar-refractivity contribution < 1.29 is 14.2 Å². The van der Waals surface area contributed by atoms with Crippen molar-refractivity contribution in [3.8, 4) is 17.2 Å². The van der Waals surface area contributed by atoms with Crippen molar-refractivity contribution in [3.05, 3.63) is 40.1 Å². The molecule has 2 rings (SSSR count). The van der Waals surface area contributed by atoms with E-state index in [1.807, 2.05) is 43.5 Å². The van der Waals surface area contributed by atoms with Crippen molar-refractivity contribution >= 4 is 27.3 Å². The summed E-state index contributed by atoms with van der Waals surface area (Å²) in [5.41, 5.74) is 1.11. The van der Waals surface area contributed by atoms with Crippen LogP contribution in [0.25, 0.3) is 0 Å². The van der Waals surface area contributed by atoms with Gasteiger partial charge in [-0.25, -0.2) is 0 Å². The van der Waals surface area contributed by atoms with E-state index < -0.39 is 0 Å². The number of alkyl halides is 1. The van der Waals surface area contributed by atoms with E-state index in [1.54, 1.807) is 18.4 Å². The molecule has 0 amide bonds. The van der Waals surface area contributed by atoms with Crippen molar-refractivity contribution in [2.45, 2.75) is 18.7 Å². The molecule has 114 valence electrons. The molecule has 1 heterocycles. The summed E-state index contributed by atoms with van der Waals surface area (Å²) in [4.78, 5) is 1.21. The fourth-order valence-electron chi connectivity index (χ4n) is 2.04. The van der Waals surface area contributed by atoms with Crippen LogP contribution in [-0.2, 0) is 0 Å². The molecule has 0 aliphatic heterocycles. The predicted molar refractivity (Wildman–Crippen MR) is 90.4 cm³/mol. The average molecular weight is 371 g/mol. The quantitative estimate of drug-likeness (QED) is 0.639. The SMILES string of the molecule is CCOc1ccc(C(Br)c2sccc2OC)cc1OCC. The van der Waals surface area contributed by atoms with Crippen LogP contribution in [-0.4, -0.2) is 20.3 Å². The first-order chi connectivity index (χ1) is 10.2. The van der Waals surface area contributed by atoms with Gasteiger partial charge in [0.1, 0.15) is 5.75 Å². The standard InChI is InChI=1S/C16H19BrO3S/c1-4-19-12-7-6-11(10-14(12)20-5-2)15(17)16-13(18-3)8-9-21-16/h6-10,15H,4-5H2,1-3H3. The topological polar surface area (TPSA) is 27.7 Å². The summed E-state index contributed by atoms with van der Waals surface area (Å²) < 4.78 is 16.7. The lowest BCUT2D eigenvalue weighted by Crippen LogP contribution is -2.00. The summed E-state index contributed by atoms with van der Waals surface area (Å²) >= 11 is 5.41. The number of ether oxygens (including phenoxy) is 3. The molecular weight excluding hydrogens is 352 g/mol.